The molecule has 1 aliphatic heterocycles. The Hall–Kier alpha value is -1.10. The zero-order valence-electron chi connectivity index (χ0n) is 11.7. The van der Waals surface area contributed by atoms with Crippen molar-refractivity contribution in [2.75, 3.05) is 18.8 Å². The van der Waals surface area contributed by atoms with Gasteiger partial charge in [0.2, 0.25) is 0 Å². The Morgan fingerprint density at radius 1 is 1.45 bits per heavy atom. The molecule has 2 rings (SSSR count). The molecule has 0 saturated carbocycles. The fourth-order valence-corrected chi connectivity index (χ4v) is 3.16. The molecule has 1 aliphatic rings. The zero-order valence-corrected chi connectivity index (χ0v) is 13.2. The van der Waals surface area contributed by atoms with Gasteiger partial charge in [0, 0.05) is 17.6 Å². The third-order valence-electron chi connectivity index (χ3n) is 4.03. The van der Waals surface area contributed by atoms with Gasteiger partial charge >= 0.3 is 0 Å². The molecule has 1 aromatic carbocycles. The highest BCUT2D eigenvalue weighted by Crippen LogP contribution is 2.26. The van der Waals surface area contributed by atoms with Crippen LogP contribution in [0.25, 0.3) is 0 Å². The SMILES string of the molecule is CCC1CCCN(C(=O)c2cc(N)c(F)cc2Br)CC1. The first-order valence-electron chi connectivity index (χ1n) is 7.06. The summed E-state index contributed by atoms with van der Waals surface area (Å²) in [4.78, 5) is 14.4. The van der Waals surface area contributed by atoms with Gasteiger partial charge in [-0.05, 0) is 53.2 Å². The van der Waals surface area contributed by atoms with Crippen molar-refractivity contribution in [2.24, 2.45) is 5.92 Å². The monoisotopic (exact) mass is 342 g/mol. The van der Waals surface area contributed by atoms with Crippen LogP contribution in [0.1, 0.15) is 43.0 Å². The van der Waals surface area contributed by atoms with E-state index in [1.165, 1.54) is 18.6 Å². The fourth-order valence-electron chi connectivity index (χ4n) is 2.68. The minimum absolute atomic E-state index is 0.0119. The summed E-state index contributed by atoms with van der Waals surface area (Å²) in [6, 6.07) is 2.68. The fraction of sp³-hybridized carbons (Fsp3) is 0.533. The molecule has 1 saturated heterocycles. The van der Waals surface area contributed by atoms with Gasteiger partial charge in [0.1, 0.15) is 5.82 Å². The summed E-state index contributed by atoms with van der Waals surface area (Å²) < 4.78 is 13.8. The van der Waals surface area contributed by atoms with E-state index in [2.05, 4.69) is 22.9 Å². The van der Waals surface area contributed by atoms with Gasteiger partial charge in [-0.25, -0.2) is 4.39 Å². The van der Waals surface area contributed by atoms with Crippen LogP contribution in [0.2, 0.25) is 0 Å². The van der Waals surface area contributed by atoms with Crippen LogP contribution in [0.15, 0.2) is 16.6 Å². The number of nitrogen functional groups attached to an aromatic ring is 1. The van der Waals surface area contributed by atoms with Gasteiger partial charge in [0.25, 0.3) is 5.91 Å². The zero-order chi connectivity index (χ0) is 14.7. The Kier molecular flexibility index (Phi) is 5.02. The molecule has 0 bridgehead atoms. The molecule has 1 aromatic rings. The number of carbonyl (C=O) groups excluding carboxylic acids is 1. The third-order valence-corrected chi connectivity index (χ3v) is 4.69. The number of benzene rings is 1. The Balaban J connectivity index is 2.17. The predicted molar refractivity (Wildman–Crippen MR) is 82.0 cm³/mol. The molecule has 1 amide bonds. The predicted octanol–water partition coefficient (Wildman–Crippen LogP) is 3.82. The number of rotatable bonds is 2. The van der Waals surface area contributed by atoms with Crippen LogP contribution in [-0.4, -0.2) is 23.9 Å². The molecule has 1 fully saturated rings. The second-order valence-corrected chi connectivity index (χ2v) is 6.21. The maximum atomic E-state index is 13.3. The number of halogens is 2. The largest absolute Gasteiger partial charge is 0.396 e. The average molecular weight is 343 g/mol. The smallest absolute Gasteiger partial charge is 0.255 e. The molecule has 20 heavy (non-hydrogen) atoms. The molecule has 110 valence electrons. The molecule has 5 heteroatoms. The van der Waals surface area contributed by atoms with Crippen LogP contribution in [0.3, 0.4) is 0 Å². The number of hydrogen-bond donors (Lipinski definition) is 1. The third kappa shape index (κ3) is 3.32. The van der Waals surface area contributed by atoms with Gasteiger partial charge in [-0.3, -0.25) is 4.79 Å². The van der Waals surface area contributed by atoms with Crippen molar-refractivity contribution in [3.8, 4) is 0 Å². The van der Waals surface area contributed by atoms with E-state index in [1.807, 2.05) is 4.90 Å². The maximum Gasteiger partial charge on any atom is 0.255 e. The summed E-state index contributed by atoms with van der Waals surface area (Å²) in [6.07, 6.45) is 4.40. The molecule has 3 nitrogen and oxygen atoms in total. The highest BCUT2D eigenvalue weighted by molar-refractivity contribution is 9.10. The Morgan fingerprint density at radius 3 is 2.90 bits per heavy atom. The van der Waals surface area contributed by atoms with Crippen LogP contribution in [-0.2, 0) is 0 Å². The Bertz CT molecular complexity index is 507. The van der Waals surface area contributed by atoms with E-state index in [9.17, 15) is 9.18 Å². The number of nitrogens with two attached hydrogens (primary N) is 1. The van der Waals surface area contributed by atoms with Gasteiger partial charge in [0.05, 0.1) is 11.3 Å². The van der Waals surface area contributed by atoms with Gasteiger partial charge in [-0.2, -0.15) is 0 Å². The van der Waals surface area contributed by atoms with Crippen molar-refractivity contribution >= 4 is 27.5 Å². The van der Waals surface area contributed by atoms with Crippen LogP contribution >= 0.6 is 15.9 Å². The minimum Gasteiger partial charge on any atom is -0.396 e. The number of nitrogens with zero attached hydrogens (tertiary/aromatic N) is 1. The number of hydrogen-bond acceptors (Lipinski definition) is 2. The van der Waals surface area contributed by atoms with Crippen molar-refractivity contribution in [1.82, 2.24) is 4.90 Å². The Labute approximate surface area is 127 Å². The molecule has 0 aromatic heterocycles. The summed E-state index contributed by atoms with van der Waals surface area (Å²) in [7, 11) is 0. The lowest BCUT2D eigenvalue weighted by atomic mass is 9.98. The lowest BCUT2D eigenvalue weighted by Gasteiger charge is -2.21. The van der Waals surface area contributed by atoms with Crippen molar-refractivity contribution in [3.05, 3.63) is 28.0 Å². The van der Waals surface area contributed by atoms with E-state index >= 15 is 0 Å². The summed E-state index contributed by atoms with van der Waals surface area (Å²) in [5, 5.41) is 0. The van der Waals surface area contributed by atoms with E-state index in [1.54, 1.807) is 0 Å². The quantitative estimate of drug-likeness (QED) is 0.830. The number of carbonyl (C=O) groups is 1. The van der Waals surface area contributed by atoms with Crippen LogP contribution in [0, 0.1) is 11.7 Å². The summed E-state index contributed by atoms with van der Waals surface area (Å²) >= 11 is 3.25. The number of likely N-dealkylation sites (tertiary alicyclic amines) is 1. The standard InChI is InChI=1S/C15H20BrFN2O/c1-2-10-4-3-6-19(7-5-10)15(20)11-8-14(18)13(17)9-12(11)16/h8-10H,2-7,18H2,1H3. The lowest BCUT2D eigenvalue weighted by molar-refractivity contribution is 0.0759. The highest BCUT2D eigenvalue weighted by atomic mass is 79.9. The first-order chi connectivity index (χ1) is 9.52. The lowest BCUT2D eigenvalue weighted by Crippen LogP contribution is -2.32. The van der Waals surface area contributed by atoms with E-state index in [4.69, 9.17) is 5.73 Å². The average Bonchev–Trinajstić information content (AvgIpc) is 2.67. The van der Waals surface area contributed by atoms with Crippen LogP contribution in [0.5, 0.6) is 0 Å². The number of anilines is 1. The topological polar surface area (TPSA) is 46.3 Å². The first kappa shape index (κ1) is 15.3. The second kappa shape index (κ2) is 6.57. The molecule has 0 aliphatic carbocycles. The summed E-state index contributed by atoms with van der Waals surface area (Å²) in [6.45, 7) is 3.72. The van der Waals surface area contributed by atoms with Crippen molar-refractivity contribution < 1.29 is 9.18 Å². The van der Waals surface area contributed by atoms with Gasteiger partial charge < -0.3 is 10.6 Å². The van der Waals surface area contributed by atoms with Crippen molar-refractivity contribution in [3.63, 3.8) is 0 Å². The van der Waals surface area contributed by atoms with Crippen LogP contribution in [0.4, 0.5) is 10.1 Å². The molecule has 0 radical (unpaired) electrons. The van der Waals surface area contributed by atoms with E-state index in [0.717, 1.165) is 32.4 Å². The summed E-state index contributed by atoms with van der Waals surface area (Å²) in [5.74, 6) is 0.130. The van der Waals surface area contributed by atoms with Crippen molar-refractivity contribution in [1.29, 1.82) is 0 Å². The minimum atomic E-state index is -0.504. The molecule has 1 unspecified atom stereocenters. The van der Waals surface area contributed by atoms with Crippen LogP contribution < -0.4 is 5.73 Å². The van der Waals surface area contributed by atoms with Gasteiger partial charge in [0.15, 0.2) is 0 Å². The first-order valence-corrected chi connectivity index (χ1v) is 7.86. The molecule has 0 spiro atoms. The van der Waals surface area contributed by atoms with E-state index < -0.39 is 5.82 Å². The van der Waals surface area contributed by atoms with E-state index in [0.29, 0.717) is 16.0 Å². The maximum absolute atomic E-state index is 13.3. The molecule has 2 N–H and O–H groups in total. The summed E-state index contributed by atoms with van der Waals surface area (Å²) in [5.41, 5.74) is 6.02. The molecular formula is C15H20BrFN2O. The normalized spacial score (nSPS) is 19.8. The number of amides is 1. The highest BCUT2D eigenvalue weighted by Gasteiger charge is 2.23. The molecule has 1 heterocycles. The second-order valence-electron chi connectivity index (χ2n) is 5.35. The van der Waals surface area contributed by atoms with Gasteiger partial charge in [-0.15, -0.1) is 0 Å². The van der Waals surface area contributed by atoms with Crippen molar-refractivity contribution in [2.45, 2.75) is 32.6 Å². The Morgan fingerprint density at radius 2 is 2.20 bits per heavy atom. The molecular weight excluding hydrogens is 323 g/mol. The van der Waals surface area contributed by atoms with E-state index in [-0.39, 0.29) is 11.6 Å². The van der Waals surface area contributed by atoms with Gasteiger partial charge in [-0.1, -0.05) is 13.3 Å². The molecule has 1 atom stereocenters.